The number of rotatable bonds is 3. The van der Waals surface area contributed by atoms with E-state index in [1.54, 1.807) is 0 Å². The highest BCUT2D eigenvalue weighted by Crippen LogP contribution is 2.32. The number of Topliss-reactive ketones (excluding diaryl/α,β-unsaturated/α-hetero) is 1. The van der Waals surface area contributed by atoms with Gasteiger partial charge in [-0.15, -0.1) is 0 Å². The van der Waals surface area contributed by atoms with Gasteiger partial charge in [0.1, 0.15) is 10.7 Å². The van der Waals surface area contributed by atoms with Gasteiger partial charge in [-0.25, -0.2) is 4.98 Å². The van der Waals surface area contributed by atoms with Crippen molar-refractivity contribution in [1.82, 2.24) is 10.3 Å². The maximum Gasteiger partial charge on any atom is 0.455 e. The molecule has 114 valence electrons. The van der Waals surface area contributed by atoms with Crippen molar-refractivity contribution in [3.8, 4) is 0 Å². The summed E-state index contributed by atoms with van der Waals surface area (Å²) in [4.78, 5) is 14.3. The molecule has 20 heavy (non-hydrogen) atoms. The summed E-state index contributed by atoms with van der Waals surface area (Å²) in [6, 6.07) is 0.0909. The molecule has 0 aromatic carbocycles. The molecule has 1 aliphatic heterocycles. The number of nitrogens with zero attached hydrogens (tertiary/aromatic N) is 1. The van der Waals surface area contributed by atoms with E-state index in [2.05, 4.69) is 15.6 Å². The lowest BCUT2D eigenvalue weighted by atomic mass is 10.1. The van der Waals surface area contributed by atoms with Gasteiger partial charge in [-0.3, -0.25) is 4.79 Å². The largest absolute Gasteiger partial charge is 0.455 e. The number of ketones is 1. The van der Waals surface area contributed by atoms with Crippen LogP contribution in [-0.2, 0) is 0 Å². The predicted molar refractivity (Wildman–Crippen MR) is 73.2 cm³/mol. The third kappa shape index (κ3) is 3.83. The van der Waals surface area contributed by atoms with Gasteiger partial charge in [0, 0.05) is 12.6 Å². The van der Waals surface area contributed by atoms with Gasteiger partial charge in [-0.2, -0.15) is 13.2 Å². The Morgan fingerprint density at radius 1 is 1.50 bits per heavy atom. The Morgan fingerprint density at radius 2 is 2.20 bits per heavy atom. The van der Waals surface area contributed by atoms with Crippen LogP contribution in [0, 0.1) is 0 Å². The highest BCUT2D eigenvalue weighted by Gasteiger charge is 2.42. The molecule has 2 heterocycles. The van der Waals surface area contributed by atoms with E-state index >= 15 is 0 Å². The summed E-state index contributed by atoms with van der Waals surface area (Å²) in [6.45, 7) is 1.64. The summed E-state index contributed by atoms with van der Waals surface area (Å²) in [7, 11) is 0. The zero-order chi connectivity index (χ0) is 14.0. The number of carbonyl (C=O) groups is 1. The summed E-state index contributed by atoms with van der Waals surface area (Å²) >= 11 is 0.644. The number of aromatic nitrogens is 1. The van der Waals surface area contributed by atoms with Gasteiger partial charge in [0.25, 0.3) is 5.78 Å². The van der Waals surface area contributed by atoms with Crippen molar-refractivity contribution in [3.63, 3.8) is 0 Å². The molecule has 1 saturated heterocycles. The van der Waals surface area contributed by atoms with Gasteiger partial charge in [0.2, 0.25) is 0 Å². The molecule has 1 fully saturated rings. The molecule has 1 aliphatic rings. The highest BCUT2D eigenvalue weighted by molar-refractivity contribution is 7.18. The lowest BCUT2D eigenvalue weighted by molar-refractivity contribution is -0.0882. The van der Waals surface area contributed by atoms with Crippen LogP contribution in [-0.4, -0.2) is 36.1 Å². The lowest BCUT2D eigenvalue weighted by Gasteiger charge is -2.23. The van der Waals surface area contributed by atoms with Gasteiger partial charge in [0.15, 0.2) is 5.13 Å². The van der Waals surface area contributed by atoms with Crippen LogP contribution < -0.4 is 16.4 Å². The molecule has 0 aliphatic carbocycles. The van der Waals surface area contributed by atoms with Gasteiger partial charge >= 0.3 is 6.18 Å². The van der Waals surface area contributed by atoms with E-state index in [1.807, 2.05) is 0 Å². The topological polar surface area (TPSA) is 80.0 Å². The summed E-state index contributed by atoms with van der Waals surface area (Å²) < 4.78 is 37.0. The van der Waals surface area contributed by atoms with Gasteiger partial charge in [0.05, 0.1) is 0 Å². The van der Waals surface area contributed by atoms with Crippen molar-refractivity contribution in [2.75, 3.05) is 24.1 Å². The van der Waals surface area contributed by atoms with E-state index in [9.17, 15) is 18.0 Å². The smallest absolute Gasteiger partial charge is 0.382 e. The minimum absolute atomic E-state index is 0. The Kier molecular flexibility index (Phi) is 5.35. The highest BCUT2D eigenvalue weighted by atomic mass is 32.1. The van der Waals surface area contributed by atoms with Gasteiger partial charge < -0.3 is 16.4 Å². The van der Waals surface area contributed by atoms with E-state index in [4.69, 9.17) is 5.73 Å². The molecule has 4 N–H and O–H groups in total. The molecule has 1 aromatic heterocycles. The molecular formula is C11H17F3N4OS. The van der Waals surface area contributed by atoms with Crippen molar-refractivity contribution in [2.45, 2.75) is 32.5 Å². The fourth-order valence-electron chi connectivity index (χ4n) is 1.83. The normalized spacial score (nSPS) is 19.2. The molecule has 1 atom stereocenters. The Balaban J connectivity index is 0.00000200. The molecular weight excluding hydrogens is 293 g/mol. The van der Waals surface area contributed by atoms with E-state index in [0.717, 1.165) is 19.4 Å². The van der Waals surface area contributed by atoms with Crippen LogP contribution in [0.1, 0.15) is 29.9 Å². The minimum Gasteiger partial charge on any atom is -0.382 e. The average molecular weight is 310 g/mol. The Morgan fingerprint density at radius 3 is 2.75 bits per heavy atom. The van der Waals surface area contributed by atoms with Crippen molar-refractivity contribution < 1.29 is 18.0 Å². The fourth-order valence-corrected chi connectivity index (χ4v) is 2.76. The number of nitrogens with two attached hydrogens (primary N) is 1. The number of halogens is 3. The summed E-state index contributed by atoms with van der Waals surface area (Å²) in [5.74, 6) is -2.32. The van der Waals surface area contributed by atoms with Crippen molar-refractivity contribution in [3.05, 3.63) is 4.88 Å². The first kappa shape index (κ1) is 16.7. The number of alkyl halides is 3. The molecule has 9 heteroatoms. The standard InChI is InChI=1S/C10H13F3N4OS.CH4/c11-10(12,13)7(18)6-8(14)17-9(19-6)16-5-2-1-3-15-4-5;/h5,15H,1-4,14H2,(H,16,17);1H4. The summed E-state index contributed by atoms with van der Waals surface area (Å²) in [6.07, 6.45) is -3.05. The van der Waals surface area contributed by atoms with E-state index in [-0.39, 0.29) is 24.4 Å². The van der Waals surface area contributed by atoms with Crippen LogP contribution in [0.3, 0.4) is 0 Å². The van der Waals surface area contributed by atoms with Crippen LogP contribution in [0.5, 0.6) is 0 Å². The Labute approximate surface area is 118 Å². The van der Waals surface area contributed by atoms with Crippen molar-refractivity contribution in [1.29, 1.82) is 0 Å². The lowest BCUT2D eigenvalue weighted by Crippen LogP contribution is -2.38. The number of nitrogen functional groups attached to an aromatic ring is 1. The third-order valence-corrected chi connectivity index (χ3v) is 3.74. The number of hydrogen-bond donors (Lipinski definition) is 3. The first-order valence-corrected chi connectivity index (χ1v) is 6.54. The van der Waals surface area contributed by atoms with Crippen LogP contribution in [0.2, 0.25) is 0 Å². The van der Waals surface area contributed by atoms with Crippen LogP contribution in [0.15, 0.2) is 0 Å². The maximum absolute atomic E-state index is 12.3. The van der Waals surface area contributed by atoms with Crippen LogP contribution >= 0.6 is 11.3 Å². The first-order valence-electron chi connectivity index (χ1n) is 5.73. The molecule has 0 radical (unpaired) electrons. The van der Waals surface area contributed by atoms with Crippen LogP contribution in [0.4, 0.5) is 24.1 Å². The molecule has 0 saturated carbocycles. The predicted octanol–water partition coefficient (Wildman–Crippen LogP) is 2.27. The summed E-state index contributed by atoms with van der Waals surface area (Å²) in [5.41, 5.74) is 5.37. The Hall–Kier alpha value is -1.35. The molecule has 2 rings (SSSR count). The van der Waals surface area contributed by atoms with E-state index < -0.39 is 16.8 Å². The number of carbonyl (C=O) groups excluding carboxylic acids is 1. The molecule has 1 unspecified atom stereocenters. The monoisotopic (exact) mass is 310 g/mol. The first-order chi connectivity index (χ1) is 8.88. The van der Waals surface area contributed by atoms with E-state index in [0.29, 0.717) is 17.9 Å². The fraction of sp³-hybridized carbons (Fsp3) is 0.636. The molecule has 0 amide bonds. The second kappa shape index (κ2) is 6.40. The third-order valence-electron chi connectivity index (χ3n) is 2.74. The zero-order valence-electron chi connectivity index (χ0n) is 9.88. The maximum atomic E-state index is 12.3. The number of anilines is 2. The minimum atomic E-state index is -4.93. The van der Waals surface area contributed by atoms with Gasteiger partial charge in [-0.05, 0) is 19.4 Å². The van der Waals surface area contributed by atoms with E-state index in [1.165, 1.54) is 0 Å². The molecule has 5 nitrogen and oxygen atoms in total. The second-order valence-corrected chi connectivity index (χ2v) is 5.25. The number of nitrogens with one attached hydrogen (secondary N) is 2. The number of piperidine rings is 1. The van der Waals surface area contributed by atoms with Crippen molar-refractivity contribution >= 4 is 28.1 Å². The molecule has 0 spiro atoms. The van der Waals surface area contributed by atoms with Crippen LogP contribution in [0.25, 0.3) is 0 Å². The van der Waals surface area contributed by atoms with Crippen molar-refractivity contribution in [2.24, 2.45) is 0 Å². The van der Waals surface area contributed by atoms with Gasteiger partial charge in [-0.1, -0.05) is 18.8 Å². The molecule has 1 aromatic rings. The second-order valence-electron chi connectivity index (χ2n) is 4.25. The SMILES string of the molecule is C.Nc1nc(NC2CCCNC2)sc1C(=O)C(F)(F)F. The number of hydrogen-bond acceptors (Lipinski definition) is 6. The Bertz CT molecular complexity index is 469. The average Bonchev–Trinajstić information content (AvgIpc) is 2.69. The molecule has 0 bridgehead atoms. The number of thiazole rings is 1. The zero-order valence-corrected chi connectivity index (χ0v) is 10.7. The quantitative estimate of drug-likeness (QED) is 0.746. The summed E-state index contributed by atoms with van der Waals surface area (Å²) in [5, 5.41) is 6.40.